The van der Waals surface area contributed by atoms with E-state index in [4.69, 9.17) is 0 Å². The lowest BCUT2D eigenvalue weighted by atomic mass is 10.3. The summed E-state index contributed by atoms with van der Waals surface area (Å²) in [6, 6.07) is 8.75. The van der Waals surface area contributed by atoms with Crippen LogP contribution < -0.4 is 4.72 Å². The van der Waals surface area contributed by atoms with Crippen LogP contribution in [0.3, 0.4) is 0 Å². The van der Waals surface area contributed by atoms with Crippen LogP contribution >= 0.6 is 27.3 Å². The smallest absolute Gasteiger partial charge is 0.270 e. The number of rotatable bonds is 5. The second-order valence-corrected chi connectivity index (χ2v) is 8.07. The number of anilines is 1. The first-order valence-corrected chi connectivity index (χ1v) is 9.58. The summed E-state index contributed by atoms with van der Waals surface area (Å²) >= 11 is 4.54. The molecule has 8 nitrogen and oxygen atoms in total. The van der Waals surface area contributed by atoms with Crippen LogP contribution in [0.15, 0.2) is 51.1 Å². The molecule has 2 aromatic heterocycles. The largest absolute Gasteiger partial charge is 0.275 e. The summed E-state index contributed by atoms with van der Waals surface area (Å²) in [4.78, 5) is 10.9. The summed E-state index contributed by atoms with van der Waals surface area (Å²) in [5.41, 5.74) is 0.478. The summed E-state index contributed by atoms with van der Waals surface area (Å²) in [7, 11) is -3.94. The zero-order valence-corrected chi connectivity index (χ0v) is 15.0. The van der Waals surface area contributed by atoms with Gasteiger partial charge in [-0.3, -0.25) is 19.9 Å². The molecule has 2 N–H and O–H groups in total. The molecule has 0 radical (unpaired) electrons. The van der Waals surface area contributed by atoms with Crippen molar-refractivity contribution in [1.29, 1.82) is 0 Å². The van der Waals surface area contributed by atoms with Gasteiger partial charge in [-0.1, -0.05) is 6.07 Å². The van der Waals surface area contributed by atoms with Crippen molar-refractivity contribution in [3.8, 4) is 10.6 Å². The number of nitrogens with one attached hydrogen (secondary N) is 2. The topological polar surface area (TPSA) is 118 Å². The molecule has 0 atom stereocenters. The average molecular weight is 429 g/mol. The van der Waals surface area contributed by atoms with E-state index in [1.54, 1.807) is 6.07 Å². The van der Waals surface area contributed by atoms with E-state index in [2.05, 4.69) is 30.8 Å². The Hall–Kier alpha value is -2.24. The van der Waals surface area contributed by atoms with Crippen LogP contribution in [-0.4, -0.2) is 23.5 Å². The number of thiophene rings is 1. The molecule has 11 heteroatoms. The van der Waals surface area contributed by atoms with Gasteiger partial charge in [-0.25, -0.2) is 8.42 Å². The van der Waals surface area contributed by atoms with Crippen molar-refractivity contribution in [2.24, 2.45) is 0 Å². The highest BCUT2D eigenvalue weighted by molar-refractivity contribution is 9.10. The third-order valence-corrected chi connectivity index (χ3v) is 6.25. The fraction of sp³-hybridized carbons (Fsp3) is 0. The molecule has 0 saturated heterocycles. The third kappa shape index (κ3) is 3.32. The molecule has 0 spiro atoms. The number of nitrogens with zero attached hydrogens (tertiary/aromatic N) is 2. The Kier molecular flexibility index (Phi) is 4.39. The third-order valence-electron chi connectivity index (χ3n) is 3.02. The molecule has 24 heavy (non-hydrogen) atoms. The molecule has 0 bridgehead atoms. The number of halogens is 1. The van der Waals surface area contributed by atoms with Gasteiger partial charge in [0, 0.05) is 22.7 Å². The molecule has 0 saturated carbocycles. The first-order chi connectivity index (χ1) is 11.4. The second kappa shape index (κ2) is 6.34. The molecule has 0 amide bonds. The molecule has 3 rings (SSSR count). The van der Waals surface area contributed by atoms with E-state index in [1.165, 1.54) is 11.3 Å². The van der Waals surface area contributed by atoms with Crippen molar-refractivity contribution in [2.75, 3.05) is 4.72 Å². The first-order valence-electron chi connectivity index (χ1n) is 6.43. The Morgan fingerprint density at radius 2 is 2.08 bits per heavy atom. The highest BCUT2D eigenvalue weighted by atomic mass is 79.9. The monoisotopic (exact) mass is 428 g/mol. The number of non-ortho nitro benzene ring substituents is 1. The van der Waals surface area contributed by atoms with Crippen molar-refractivity contribution < 1.29 is 13.3 Å². The van der Waals surface area contributed by atoms with Gasteiger partial charge in [0.05, 0.1) is 15.5 Å². The Morgan fingerprint density at radius 1 is 1.29 bits per heavy atom. The van der Waals surface area contributed by atoms with Crippen molar-refractivity contribution >= 4 is 48.8 Å². The van der Waals surface area contributed by atoms with Gasteiger partial charge in [0.15, 0.2) is 5.82 Å². The van der Waals surface area contributed by atoms with Crippen LogP contribution in [0.1, 0.15) is 0 Å². The summed E-state index contributed by atoms with van der Waals surface area (Å²) in [5.74, 6) is 0.128. The fourth-order valence-electron chi connectivity index (χ4n) is 1.95. The van der Waals surface area contributed by atoms with Crippen LogP contribution in [0.25, 0.3) is 10.6 Å². The zero-order valence-electron chi connectivity index (χ0n) is 11.8. The number of H-pyrrole nitrogens is 1. The molecule has 0 unspecified atom stereocenters. The molecule has 124 valence electrons. The number of nitro groups is 1. The first kappa shape index (κ1) is 16.6. The SMILES string of the molecule is O=[N+]([O-])c1ccc(S(=O)(=O)Nc2cc(-c3cccs3)[nH]n2)c(Br)c1. The molecule has 0 aliphatic rings. The van der Waals surface area contributed by atoms with Gasteiger partial charge in [0.25, 0.3) is 15.7 Å². The van der Waals surface area contributed by atoms with Crippen LogP contribution in [0.5, 0.6) is 0 Å². The summed E-state index contributed by atoms with van der Waals surface area (Å²) in [6.45, 7) is 0. The standard InChI is InChI=1S/C13H9BrN4O4S2/c14-9-6-8(18(19)20)3-4-12(9)24(21,22)17-13-7-10(15-16-13)11-2-1-5-23-11/h1-7H,(H2,15,16,17). The number of sulfonamides is 1. The maximum atomic E-state index is 12.4. The highest BCUT2D eigenvalue weighted by Crippen LogP contribution is 2.29. The maximum absolute atomic E-state index is 12.4. The van der Waals surface area contributed by atoms with Gasteiger partial charge in [-0.2, -0.15) is 5.10 Å². The van der Waals surface area contributed by atoms with Gasteiger partial charge < -0.3 is 0 Å². The number of hydrogen-bond acceptors (Lipinski definition) is 6. The summed E-state index contributed by atoms with van der Waals surface area (Å²) in [6.07, 6.45) is 0. The second-order valence-electron chi connectivity index (χ2n) is 4.62. The fourth-order valence-corrected chi connectivity index (χ4v) is 4.70. The molecular weight excluding hydrogens is 420 g/mol. The van der Waals surface area contributed by atoms with Crippen molar-refractivity contribution in [2.45, 2.75) is 4.90 Å². The minimum absolute atomic E-state index is 0.0956. The molecule has 0 aliphatic heterocycles. The van der Waals surface area contributed by atoms with E-state index >= 15 is 0 Å². The lowest BCUT2D eigenvalue weighted by Gasteiger charge is -2.07. The summed E-state index contributed by atoms with van der Waals surface area (Å²) in [5, 5.41) is 19.3. The van der Waals surface area contributed by atoms with Crippen LogP contribution in [0.4, 0.5) is 11.5 Å². The molecular formula is C13H9BrN4O4S2. The predicted molar refractivity (Wildman–Crippen MR) is 93.5 cm³/mol. The molecule has 0 fully saturated rings. The van der Waals surface area contributed by atoms with E-state index in [0.29, 0.717) is 5.69 Å². The van der Waals surface area contributed by atoms with Gasteiger partial charge >= 0.3 is 0 Å². The predicted octanol–water partition coefficient (Wildman–Crippen LogP) is 3.61. The molecule has 1 aromatic carbocycles. The van der Waals surface area contributed by atoms with Crippen molar-refractivity contribution in [1.82, 2.24) is 10.2 Å². The normalized spacial score (nSPS) is 11.4. The van der Waals surface area contributed by atoms with Crippen LogP contribution in [-0.2, 0) is 10.0 Å². The van der Waals surface area contributed by atoms with Crippen molar-refractivity contribution in [3.63, 3.8) is 0 Å². The van der Waals surface area contributed by atoms with Gasteiger partial charge in [0.1, 0.15) is 4.90 Å². The molecule has 2 heterocycles. The lowest BCUT2D eigenvalue weighted by Crippen LogP contribution is -2.14. The summed E-state index contributed by atoms with van der Waals surface area (Å²) < 4.78 is 27.3. The number of aromatic nitrogens is 2. The van der Waals surface area contributed by atoms with Crippen molar-refractivity contribution in [3.05, 3.63) is 56.4 Å². The maximum Gasteiger partial charge on any atom is 0.270 e. The van der Waals surface area contributed by atoms with Gasteiger partial charge in [-0.15, -0.1) is 11.3 Å². The van der Waals surface area contributed by atoms with Gasteiger partial charge in [0.2, 0.25) is 0 Å². The van der Waals surface area contributed by atoms with Crippen LogP contribution in [0, 0.1) is 10.1 Å². The zero-order chi connectivity index (χ0) is 17.3. The minimum atomic E-state index is -3.94. The number of nitro benzene ring substituents is 1. The molecule has 3 aromatic rings. The molecule has 0 aliphatic carbocycles. The van der Waals surface area contributed by atoms with E-state index in [0.717, 1.165) is 23.1 Å². The van der Waals surface area contributed by atoms with E-state index in [-0.39, 0.29) is 20.9 Å². The quantitative estimate of drug-likeness (QED) is 0.475. The number of hydrogen-bond donors (Lipinski definition) is 2. The Bertz CT molecular complexity index is 999. The average Bonchev–Trinajstić information content (AvgIpc) is 3.17. The Balaban J connectivity index is 1.88. The number of benzene rings is 1. The van der Waals surface area contributed by atoms with E-state index in [9.17, 15) is 18.5 Å². The van der Waals surface area contributed by atoms with E-state index in [1.807, 2.05) is 17.5 Å². The Labute approximate surface area is 148 Å². The van der Waals surface area contributed by atoms with E-state index < -0.39 is 14.9 Å². The number of aromatic amines is 1. The minimum Gasteiger partial charge on any atom is -0.275 e. The van der Waals surface area contributed by atoms with Crippen LogP contribution in [0.2, 0.25) is 0 Å². The Morgan fingerprint density at radius 3 is 2.71 bits per heavy atom. The lowest BCUT2D eigenvalue weighted by molar-refractivity contribution is -0.385. The highest BCUT2D eigenvalue weighted by Gasteiger charge is 2.21. The van der Waals surface area contributed by atoms with Gasteiger partial charge in [-0.05, 0) is 33.4 Å².